The molecule has 1 unspecified atom stereocenters. The largest absolute Gasteiger partial charge is 0.441 e. The number of pyridine rings is 1. The van der Waals surface area contributed by atoms with E-state index in [4.69, 9.17) is 4.74 Å². The molecule has 2 aromatic carbocycles. The lowest BCUT2D eigenvalue weighted by atomic mass is 9.95. The Bertz CT molecular complexity index is 1650. The number of rotatable bonds is 4. The number of nitrogens with zero attached hydrogens (tertiary/aromatic N) is 3. The molecule has 11 heteroatoms. The number of piperidine rings is 1. The van der Waals surface area contributed by atoms with E-state index >= 15 is 0 Å². The summed E-state index contributed by atoms with van der Waals surface area (Å²) in [5.74, 6) is -2.32. The second-order valence-corrected chi connectivity index (χ2v) is 10.0. The van der Waals surface area contributed by atoms with Gasteiger partial charge in [0.1, 0.15) is 12.1 Å². The van der Waals surface area contributed by atoms with Crippen molar-refractivity contribution in [2.24, 2.45) is 0 Å². The van der Waals surface area contributed by atoms with E-state index in [9.17, 15) is 24.0 Å². The second-order valence-electron chi connectivity index (χ2n) is 10.0. The summed E-state index contributed by atoms with van der Waals surface area (Å²) in [5, 5.41) is 5.54. The van der Waals surface area contributed by atoms with Crippen molar-refractivity contribution in [1.82, 2.24) is 15.2 Å². The smallest absolute Gasteiger partial charge is 0.414 e. The van der Waals surface area contributed by atoms with Crippen LogP contribution in [0.4, 0.5) is 21.9 Å². The molecule has 0 aliphatic carbocycles. The quantitative estimate of drug-likeness (QED) is 0.477. The summed E-state index contributed by atoms with van der Waals surface area (Å²) in [5.41, 5.74) is 5.13. The third-order valence-electron chi connectivity index (χ3n) is 7.46. The molecule has 1 saturated heterocycles. The zero-order valence-corrected chi connectivity index (χ0v) is 22.0. The van der Waals surface area contributed by atoms with Crippen molar-refractivity contribution < 1.29 is 28.7 Å². The number of benzene rings is 2. The molecule has 5 amide bonds. The second kappa shape index (κ2) is 9.30. The van der Waals surface area contributed by atoms with Crippen LogP contribution in [0.5, 0.6) is 0 Å². The highest BCUT2D eigenvalue weighted by molar-refractivity contribution is 6.25. The molecule has 11 nitrogen and oxygen atoms in total. The van der Waals surface area contributed by atoms with Gasteiger partial charge in [0.05, 0.1) is 22.5 Å². The van der Waals surface area contributed by atoms with Crippen LogP contribution in [0.15, 0.2) is 48.7 Å². The molecule has 1 fully saturated rings. The highest BCUT2D eigenvalue weighted by atomic mass is 16.6. The maximum atomic E-state index is 13.6. The summed E-state index contributed by atoms with van der Waals surface area (Å²) < 4.78 is 5.48. The van der Waals surface area contributed by atoms with Crippen LogP contribution in [0.3, 0.4) is 0 Å². The topological polar surface area (TPSA) is 138 Å². The van der Waals surface area contributed by atoms with Gasteiger partial charge in [0.2, 0.25) is 11.8 Å². The van der Waals surface area contributed by atoms with E-state index in [1.807, 2.05) is 31.2 Å². The number of carbonyl (C=O) groups excluding carboxylic acids is 5. The van der Waals surface area contributed by atoms with Crippen LogP contribution in [0.1, 0.15) is 57.8 Å². The van der Waals surface area contributed by atoms with Crippen molar-refractivity contribution in [3.63, 3.8) is 0 Å². The van der Waals surface area contributed by atoms with E-state index in [-0.39, 0.29) is 24.0 Å². The minimum atomic E-state index is -1.07. The SMILES string of the molecule is Cc1cc(-c2cc3c(cc2Nc2cccc4c2C(=O)N([C@H]2CCC(=O)NC2=O)C4=O)N(C)C(=O)OC3C)ccn1. The fraction of sp³-hybridized carbons (Fsp3) is 0.241. The molecular formula is C29H25N5O6. The van der Waals surface area contributed by atoms with Crippen LogP contribution in [-0.4, -0.2) is 52.7 Å². The number of carbonyl (C=O) groups is 5. The average Bonchev–Trinajstić information content (AvgIpc) is 3.17. The average molecular weight is 540 g/mol. The molecule has 0 bridgehead atoms. The Hall–Kier alpha value is -5.06. The molecule has 1 aromatic heterocycles. The van der Waals surface area contributed by atoms with Gasteiger partial charge in [-0.1, -0.05) is 6.07 Å². The Labute approximate surface area is 229 Å². The number of aromatic nitrogens is 1. The number of hydrogen-bond donors (Lipinski definition) is 2. The number of imide groups is 2. The van der Waals surface area contributed by atoms with Crippen molar-refractivity contribution >= 4 is 46.8 Å². The first-order valence-electron chi connectivity index (χ1n) is 12.8. The summed E-state index contributed by atoms with van der Waals surface area (Å²) in [6.07, 6.45) is 0.837. The Morgan fingerprint density at radius 2 is 1.80 bits per heavy atom. The minimum Gasteiger partial charge on any atom is -0.441 e. The molecule has 0 radical (unpaired) electrons. The highest BCUT2D eigenvalue weighted by Crippen LogP contribution is 2.43. The zero-order chi connectivity index (χ0) is 28.3. The molecule has 3 aliphatic rings. The zero-order valence-electron chi connectivity index (χ0n) is 22.0. The van der Waals surface area contributed by atoms with Crippen LogP contribution in [0, 0.1) is 6.92 Å². The van der Waals surface area contributed by atoms with Crippen molar-refractivity contribution in [2.75, 3.05) is 17.3 Å². The molecular weight excluding hydrogens is 514 g/mol. The maximum absolute atomic E-state index is 13.6. The molecule has 2 atom stereocenters. The van der Waals surface area contributed by atoms with Gasteiger partial charge in [-0.15, -0.1) is 0 Å². The number of fused-ring (bicyclic) bond motifs is 2. The standard InChI is InChI=1S/C29H25N5O6/c1-14-11-16(9-10-30-14)19-12-18-15(2)40-29(39)33(3)23(18)13-21(19)31-20-6-4-5-17-25(20)28(38)34(27(17)37)22-7-8-24(35)32-26(22)36/h4-6,9-13,15,22,31H,7-8H2,1-3H3,(H,32,35,36)/t15?,22-/m0/s1. The van der Waals surface area contributed by atoms with Gasteiger partial charge in [-0.05, 0) is 62.2 Å². The van der Waals surface area contributed by atoms with Crippen molar-refractivity contribution in [2.45, 2.75) is 38.8 Å². The number of aryl methyl sites for hydroxylation is 1. The van der Waals surface area contributed by atoms with Crippen molar-refractivity contribution in [3.05, 3.63) is 71.0 Å². The molecule has 0 spiro atoms. The lowest BCUT2D eigenvalue weighted by Gasteiger charge is -2.31. The van der Waals surface area contributed by atoms with Gasteiger partial charge in [-0.25, -0.2) is 4.79 Å². The fourth-order valence-corrected chi connectivity index (χ4v) is 5.43. The lowest BCUT2D eigenvalue weighted by Crippen LogP contribution is -2.54. The van der Waals surface area contributed by atoms with Gasteiger partial charge in [-0.2, -0.15) is 0 Å². The molecule has 0 saturated carbocycles. The van der Waals surface area contributed by atoms with Gasteiger partial charge in [0.15, 0.2) is 0 Å². The third-order valence-corrected chi connectivity index (χ3v) is 7.46. The first kappa shape index (κ1) is 25.2. The van der Waals surface area contributed by atoms with Crippen LogP contribution >= 0.6 is 0 Å². The predicted octanol–water partition coefficient (Wildman–Crippen LogP) is 3.85. The van der Waals surface area contributed by atoms with E-state index in [1.54, 1.807) is 32.3 Å². The number of hydrogen-bond acceptors (Lipinski definition) is 8. The van der Waals surface area contributed by atoms with E-state index < -0.39 is 41.9 Å². The molecule has 6 rings (SSSR count). The number of anilines is 3. The molecule has 2 N–H and O–H groups in total. The van der Waals surface area contributed by atoms with Crippen LogP contribution < -0.4 is 15.5 Å². The Balaban J connectivity index is 1.45. The number of cyclic esters (lactones) is 1. The monoisotopic (exact) mass is 539 g/mol. The minimum absolute atomic E-state index is 0.0349. The Morgan fingerprint density at radius 1 is 1.00 bits per heavy atom. The van der Waals surface area contributed by atoms with E-state index in [0.29, 0.717) is 17.1 Å². The summed E-state index contributed by atoms with van der Waals surface area (Å²) in [7, 11) is 1.62. The summed E-state index contributed by atoms with van der Waals surface area (Å²) in [4.78, 5) is 70.2. The normalized spacial score (nSPS) is 20.2. The summed E-state index contributed by atoms with van der Waals surface area (Å²) >= 11 is 0. The van der Waals surface area contributed by atoms with Gasteiger partial charge >= 0.3 is 6.09 Å². The van der Waals surface area contributed by atoms with E-state index in [1.165, 1.54) is 11.0 Å². The van der Waals surface area contributed by atoms with Gasteiger partial charge in [0.25, 0.3) is 11.8 Å². The maximum Gasteiger partial charge on any atom is 0.414 e. The first-order chi connectivity index (χ1) is 19.1. The van der Waals surface area contributed by atoms with Gasteiger partial charge in [-0.3, -0.25) is 39.3 Å². The highest BCUT2D eigenvalue weighted by Gasteiger charge is 2.45. The number of ether oxygens (including phenoxy) is 1. The summed E-state index contributed by atoms with van der Waals surface area (Å²) in [6.45, 7) is 3.68. The molecule has 3 aromatic rings. The van der Waals surface area contributed by atoms with Crippen molar-refractivity contribution in [3.8, 4) is 11.1 Å². The lowest BCUT2D eigenvalue weighted by molar-refractivity contribution is -0.136. The van der Waals surface area contributed by atoms with Gasteiger partial charge < -0.3 is 10.1 Å². The van der Waals surface area contributed by atoms with Crippen LogP contribution in [0.2, 0.25) is 0 Å². The van der Waals surface area contributed by atoms with Crippen LogP contribution in [-0.2, 0) is 14.3 Å². The number of nitrogens with one attached hydrogen (secondary N) is 2. The molecule has 202 valence electrons. The fourth-order valence-electron chi connectivity index (χ4n) is 5.43. The molecule has 4 heterocycles. The third kappa shape index (κ3) is 3.98. The van der Waals surface area contributed by atoms with Gasteiger partial charge in [0, 0.05) is 42.2 Å². The number of amides is 5. The van der Waals surface area contributed by atoms with Crippen LogP contribution in [0.25, 0.3) is 11.1 Å². The molecule has 40 heavy (non-hydrogen) atoms. The predicted molar refractivity (Wildman–Crippen MR) is 144 cm³/mol. The Kier molecular flexibility index (Phi) is 5.86. The molecule has 3 aliphatic heterocycles. The van der Waals surface area contributed by atoms with E-state index in [2.05, 4.69) is 15.6 Å². The van der Waals surface area contributed by atoms with Crippen molar-refractivity contribution in [1.29, 1.82) is 0 Å². The summed E-state index contributed by atoms with van der Waals surface area (Å²) in [6, 6.07) is 11.3. The first-order valence-corrected chi connectivity index (χ1v) is 12.8. The van der Waals surface area contributed by atoms with E-state index in [0.717, 1.165) is 27.3 Å². The Morgan fingerprint density at radius 3 is 2.55 bits per heavy atom.